The van der Waals surface area contributed by atoms with Gasteiger partial charge in [0.05, 0.1) is 5.52 Å². The van der Waals surface area contributed by atoms with Crippen molar-refractivity contribution in [2.75, 3.05) is 5.32 Å². The Morgan fingerprint density at radius 1 is 1.28 bits per heavy atom. The number of H-pyrrole nitrogens is 1. The van der Waals surface area contributed by atoms with E-state index in [1.54, 1.807) is 4.40 Å². The summed E-state index contributed by atoms with van der Waals surface area (Å²) in [7, 11) is 0. The van der Waals surface area contributed by atoms with E-state index in [2.05, 4.69) is 10.3 Å². The molecule has 0 atom stereocenters. The molecule has 0 radical (unpaired) electrons. The molecule has 0 saturated heterocycles. The third kappa shape index (κ3) is 2.62. The minimum absolute atomic E-state index is 0.210. The highest BCUT2D eigenvalue weighted by Crippen LogP contribution is 2.26. The third-order valence-electron chi connectivity index (χ3n) is 3.97. The summed E-state index contributed by atoms with van der Waals surface area (Å²) in [6, 6.07) is 7.67. The molecule has 1 aromatic carbocycles. The van der Waals surface area contributed by atoms with E-state index in [4.69, 9.17) is 12.2 Å². The number of carbonyl (C=O) groups excluding carboxylic acids is 1. The standard InChI is InChI=1S/C17H13N3O2S3/c1-8-3-4-10(9(2)7-8)18-16(22)13-14-19-15(21)12-11(5-6-24-12)20(14)17(23)25-13/h3-7H,1-2H3,(H,18,22)(H,19,21). The summed E-state index contributed by atoms with van der Waals surface area (Å²) in [4.78, 5) is 28.3. The summed E-state index contributed by atoms with van der Waals surface area (Å²) >= 11 is 7.97. The van der Waals surface area contributed by atoms with Gasteiger partial charge in [0.15, 0.2) is 3.95 Å². The molecule has 5 nitrogen and oxygen atoms in total. The Labute approximate surface area is 155 Å². The molecule has 8 heteroatoms. The van der Waals surface area contributed by atoms with Crippen molar-refractivity contribution in [2.24, 2.45) is 0 Å². The zero-order valence-electron chi connectivity index (χ0n) is 13.4. The summed E-state index contributed by atoms with van der Waals surface area (Å²) in [5, 5.41) is 4.75. The molecule has 1 amide bonds. The predicted molar refractivity (Wildman–Crippen MR) is 106 cm³/mol. The second-order valence-corrected chi connectivity index (χ2v) is 8.30. The Hall–Kier alpha value is -2.29. The van der Waals surface area contributed by atoms with Gasteiger partial charge >= 0.3 is 0 Å². The van der Waals surface area contributed by atoms with E-state index in [0.717, 1.165) is 22.3 Å². The number of nitrogens with one attached hydrogen (secondary N) is 2. The first-order valence-corrected chi connectivity index (χ1v) is 9.60. The number of thiophene rings is 1. The Morgan fingerprint density at radius 2 is 2.08 bits per heavy atom. The lowest BCUT2D eigenvalue weighted by Gasteiger charge is -2.08. The van der Waals surface area contributed by atoms with Crippen LogP contribution in [-0.2, 0) is 0 Å². The quantitative estimate of drug-likeness (QED) is 0.498. The van der Waals surface area contributed by atoms with E-state index in [9.17, 15) is 9.59 Å². The van der Waals surface area contributed by atoms with Gasteiger partial charge in [0.25, 0.3) is 11.5 Å². The Morgan fingerprint density at radius 3 is 2.84 bits per heavy atom. The number of anilines is 1. The highest BCUT2D eigenvalue weighted by Gasteiger charge is 2.19. The van der Waals surface area contributed by atoms with Crippen molar-refractivity contribution in [1.29, 1.82) is 0 Å². The zero-order chi connectivity index (χ0) is 17.7. The molecule has 4 aromatic rings. The molecular formula is C17H13N3O2S3. The van der Waals surface area contributed by atoms with Gasteiger partial charge < -0.3 is 10.3 Å². The van der Waals surface area contributed by atoms with Crippen molar-refractivity contribution < 1.29 is 4.79 Å². The summed E-state index contributed by atoms with van der Waals surface area (Å²) in [6.45, 7) is 3.95. The van der Waals surface area contributed by atoms with Crippen LogP contribution in [0.2, 0.25) is 0 Å². The number of aryl methyl sites for hydroxylation is 2. The lowest BCUT2D eigenvalue weighted by molar-refractivity contribution is 0.103. The highest BCUT2D eigenvalue weighted by atomic mass is 32.1. The van der Waals surface area contributed by atoms with Crippen molar-refractivity contribution in [2.45, 2.75) is 13.8 Å². The first-order chi connectivity index (χ1) is 12.0. The average Bonchev–Trinajstić information content (AvgIpc) is 3.15. The van der Waals surface area contributed by atoms with Crippen molar-refractivity contribution in [1.82, 2.24) is 9.38 Å². The topological polar surface area (TPSA) is 66.4 Å². The normalized spacial score (nSPS) is 11.3. The van der Waals surface area contributed by atoms with Gasteiger partial charge in [-0.15, -0.1) is 11.3 Å². The molecule has 25 heavy (non-hydrogen) atoms. The minimum Gasteiger partial charge on any atom is -0.321 e. The largest absolute Gasteiger partial charge is 0.321 e. The maximum absolute atomic E-state index is 12.8. The van der Waals surface area contributed by atoms with Crippen LogP contribution in [0.5, 0.6) is 0 Å². The fraction of sp³-hybridized carbons (Fsp3) is 0.118. The number of nitrogens with zero attached hydrogens (tertiary/aromatic N) is 1. The summed E-state index contributed by atoms with van der Waals surface area (Å²) in [6.07, 6.45) is 0. The van der Waals surface area contributed by atoms with Crippen molar-refractivity contribution in [3.8, 4) is 0 Å². The number of aromatic amines is 1. The van der Waals surface area contributed by atoms with E-state index >= 15 is 0 Å². The molecule has 0 fully saturated rings. The molecule has 3 aromatic heterocycles. The number of benzene rings is 1. The van der Waals surface area contributed by atoms with E-state index in [1.807, 2.05) is 43.5 Å². The molecular weight excluding hydrogens is 374 g/mol. The van der Waals surface area contributed by atoms with Crippen LogP contribution in [0.25, 0.3) is 15.9 Å². The first kappa shape index (κ1) is 16.2. The van der Waals surface area contributed by atoms with Crippen molar-refractivity contribution in [3.63, 3.8) is 0 Å². The highest BCUT2D eigenvalue weighted by molar-refractivity contribution is 7.73. The maximum atomic E-state index is 12.8. The average molecular weight is 388 g/mol. The number of aromatic nitrogens is 2. The first-order valence-electron chi connectivity index (χ1n) is 7.49. The van der Waals surface area contributed by atoms with Crippen molar-refractivity contribution in [3.05, 3.63) is 60.0 Å². The number of rotatable bonds is 2. The molecule has 4 rings (SSSR count). The molecule has 3 heterocycles. The SMILES string of the molecule is Cc1ccc(NC(=O)c2sc(=S)n3c2[nH]c(=O)c2sccc23)c(C)c1. The lowest BCUT2D eigenvalue weighted by Crippen LogP contribution is -2.14. The van der Waals surface area contributed by atoms with Gasteiger partial charge in [0, 0.05) is 5.69 Å². The van der Waals surface area contributed by atoms with Gasteiger partial charge in [0.2, 0.25) is 0 Å². The van der Waals surface area contributed by atoms with Gasteiger partial charge in [-0.2, -0.15) is 0 Å². The summed E-state index contributed by atoms with van der Waals surface area (Å²) < 4.78 is 2.88. The fourth-order valence-electron chi connectivity index (χ4n) is 2.81. The number of thiazole rings is 1. The van der Waals surface area contributed by atoms with E-state index in [0.29, 0.717) is 19.2 Å². The van der Waals surface area contributed by atoms with E-state index in [-0.39, 0.29) is 11.5 Å². The molecule has 0 bridgehead atoms. The Kier molecular flexibility index (Phi) is 3.82. The molecule has 0 spiro atoms. The fourth-order valence-corrected chi connectivity index (χ4v) is 4.85. The lowest BCUT2D eigenvalue weighted by atomic mass is 10.1. The van der Waals surface area contributed by atoms with Crippen LogP contribution in [0.3, 0.4) is 0 Å². The van der Waals surface area contributed by atoms with E-state index in [1.165, 1.54) is 22.7 Å². The Balaban J connectivity index is 1.86. The van der Waals surface area contributed by atoms with Crippen LogP contribution in [0, 0.1) is 17.8 Å². The molecule has 0 unspecified atom stereocenters. The number of carbonyl (C=O) groups is 1. The van der Waals surface area contributed by atoms with Crippen LogP contribution < -0.4 is 10.9 Å². The van der Waals surface area contributed by atoms with Gasteiger partial charge in [-0.25, -0.2) is 0 Å². The Bertz CT molecular complexity index is 1260. The third-order valence-corrected chi connectivity index (χ3v) is 6.25. The zero-order valence-corrected chi connectivity index (χ0v) is 15.8. The van der Waals surface area contributed by atoms with Crippen LogP contribution in [-0.4, -0.2) is 15.3 Å². The summed E-state index contributed by atoms with van der Waals surface area (Å²) in [5.74, 6) is -0.282. The predicted octanol–water partition coefficient (Wildman–Crippen LogP) is 4.50. The van der Waals surface area contributed by atoms with Crippen LogP contribution in [0.4, 0.5) is 5.69 Å². The molecule has 0 aliphatic rings. The monoisotopic (exact) mass is 387 g/mol. The number of hydrogen-bond donors (Lipinski definition) is 2. The van der Waals surface area contributed by atoms with Gasteiger partial charge in [-0.05, 0) is 49.1 Å². The van der Waals surface area contributed by atoms with Gasteiger partial charge in [-0.1, -0.05) is 29.0 Å². The number of amides is 1. The van der Waals surface area contributed by atoms with E-state index < -0.39 is 0 Å². The van der Waals surface area contributed by atoms with Crippen LogP contribution in [0.1, 0.15) is 20.8 Å². The van der Waals surface area contributed by atoms with Crippen LogP contribution in [0.15, 0.2) is 34.4 Å². The molecule has 0 saturated carbocycles. The van der Waals surface area contributed by atoms with Crippen molar-refractivity contribution >= 4 is 62.3 Å². The molecule has 126 valence electrons. The second kappa shape index (κ2) is 5.91. The maximum Gasteiger partial charge on any atom is 0.269 e. The second-order valence-electron chi connectivity index (χ2n) is 5.74. The minimum atomic E-state index is -0.282. The van der Waals surface area contributed by atoms with Gasteiger partial charge in [-0.3, -0.25) is 14.0 Å². The van der Waals surface area contributed by atoms with Crippen LogP contribution >= 0.6 is 34.9 Å². The molecule has 2 N–H and O–H groups in total. The number of hydrogen-bond acceptors (Lipinski definition) is 5. The smallest absolute Gasteiger partial charge is 0.269 e. The molecule has 0 aliphatic carbocycles. The van der Waals surface area contributed by atoms with Gasteiger partial charge in [0.1, 0.15) is 15.2 Å². The number of fused-ring (bicyclic) bond motifs is 3. The molecule has 0 aliphatic heterocycles. The summed E-state index contributed by atoms with van der Waals surface area (Å²) in [5.41, 5.74) is 3.81.